The van der Waals surface area contributed by atoms with Crippen molar-refractivity contribution in [3.63, 3.8) is 0 Å². The Balaban J connectivity index is 1.52. The van der Waals surface area contributed by atoms with Crippen molar-refractivity contribution in [3.05, 3.63) is 30.5 Å². The maximum atomic E-state index is 12.8. The number of aliphatic hydroxyl groups is 1. The van der Waals surface area contributed by atoms with Crippen LogP contribution in [-0.2, 0) is 4.79 Å². The van der Waals surface area contributed by atoms with Crippen LogP contribution in [0.5, 0.6) is 5.75 Å². The minimum Gasteiger partial charge on any atom is -0.435 e. The summed E-state index contributed by atoms with van der Waals surface area (Å²) in [5.74, 6) is 1.21. The van der Waals surface area contributed by atoms with Crippen molar-refractivity contribution >= 4 is 28.7 Å². The number of benzene rings is 1. The lowest BCUT2D eigenvalue weighted by atomic mass is 9.83. The molecule has 5 rings (SSSR count). The van der Waals surface area contributed by atoms with Crippen LogP contribution in [0, 0.1) is 5.92 Å². The van der Waals surface area contributed by atoms with E-state index in [4.69, 9.17) is 4.98 Å². The van der Waals surface area contributed by atoms with E-state index in [2.05, 4.69) is 30.4 Å². The summed E-state index contributed by atoms with van der Waals surface area (Å²) in [5, 5.41) is 21.7. The molecular formula is C24H29F2N7O3. The number of anilines is 2. The summed E-state index contributed by atoms with van der Waals surface area (Å²) in [6.45, 7) is 2.61. The van der Waals surface area contributed by atoms with E-state index in [0.717, 1.165) is 12.8 Å². The molecule has 0 unspecified atom stereocenters. The first-order chi connectivity index (χ1) is 17.2. The highest BCUT2D eigenvalue weighted by molar-refractivity contribution is 5.89. The van der Waals surface area contributed by atoms with Crippen LogP contribution in [-0.4, -0.2) is 68.7 Å². The summed E-state index contributed by atoms with van der Waals surface area (Å²) in [5.41, 5.74) is 0.258. The Morgan fingerprint density at radius 3 is 2.69 bits per heavy atom. The molecule has 3 N–H and O–H groups in total. The molecule has 4 heterocycles. The van der Waals surface area contributed by atoms with E-state index in [0.29, 0.717) is 54.5 Å². The number of nitrogens with one attached hydrogen (secondary N) is 2. The number of hydrogen-bond donors (Lipinski definition) is 3. The minimum absolute atomic E-state index is 0.0167. The molecule has 0 saturated carbocycles. The molecule has 0 radical (unpaired) electrons. The van der Waals surface area contributed by atoms with E-state index in [9.17, 15) is 18.7 Å². The van der Waals surface area contributed by atoms with Gasteiger partial charge < -0.3 is 25.4 Å². The number of carbonyl (C=O) groups is 1. The topological polar surface area (TPSA) is 117 Å². The molecule has 1 atom stereocenters. The average Bonchev–Trinajstić information content (AvgIpc) is 3.44. The number of amides is 1. The van der Waals surface area contributed by atoms with Gasteiger partial charge in [0, 0.05) is 32.1 Å². The Kier molecular flexibility index (Phi) is 6.37. The molecule has 0 aliphatic carbocycles. The highest BCUT2D eigenvalue weighted by Crippen LogP contribution is 2.34. The van der Waals surface area contributed by atoms with Crippen LogP contribution < -0.4 is 20.3 Å². The Bertz CT molecular complexity index is 1250. The molecule has 2 aromatic heterocycles. The normalized spacial score (nSPS) is 19.2. The third kappa shape index (κ3) is 5.03. The molecule has 1 amide bonds. The Labute approximate surface area is 206 Å². The van der Waals surface area contributed by atoms with Gasteiger partial charge in [0.05, 0.1) is 28.9 Å². The molecule has 192 valence electrons. The summed E-state index contributed by atoms with van der Waals surface area (Å²) >= 11 is 0. The zero-order chi connectivity index (χ0) is 25.4. The number of halogens is 2. The van der Waals surface area contributed by atoms with Crippen molar-refractivity contribution in [2.75, 3.05) is 29.9 Å². The fourth-order valence-electron chi connectivity index (χ4n) is 4.87. The maximum absolute atomic E-state index is 12.8. The van der Waals surface area contributed by atoms with Gasteiger partial charge in [-0.05, 0) is 44.7 Å². The molecule has 1 aromatic carbocycles. The lowest BCUT2D eigenvalue weighted by molar-refractivity contribution is -0.119. The minimum atomic E-state index is -2.94. The predicted molar refractivity (Wildman–Crippen MR) is 130 cm³/mol. The predicted octanol–water partition coefficient (Wildman–Crippen LogP) is 2.70. The number of ether oxygens (including phenoxy) is 1. The third-order valence-electron chi connectivity index (χ3n) is 6.80. The van der Waals surface area contributed by atoms with Gasteiger partial charge >= 0.3 is 6.61 Å². The van der Waals surface area contributed by atoms with Crippen LogP contribution in [0.25, 0.3) is 16.7 Å². The zero-order valence-electron chi connectivity index (χ0n) is 20.1. The fourth-order valence-corrected chi connectivity index (χ4v) is 4.87. The second-order valence-electron chi connectivity index (χ2n) is 9.80. The van der Waals surface area contributed by atoms with Gasteiger partial charge in [-0.3, -0.25) is 4.79 Å². The van der Waals surface area contributed by atoms with Crippen LogP contribution in [0.1, 0.15) is 33.1 Å². The molecule has 2 fully saturated rings. The largest absolute Gasteiger partial charge is 0.435 e. The number of piperidine rings is 1. The molecule has 36 heavy (non-hydrogen) atoms. The fraction of sp³-hybridized carbons (Fsp3) is 0.500. The van der Waals surface area contributed by atoms with Gasteiger partial charge in [-0.2, -0.15) is 23.8 Å². The standard InChI is InChI=1S/C24H29F2N7O3/c1-24(2,35)14-6-8-32(9-7-14)20-18-13-28-33(16-4-3-5-17(11-16)36-22(25)26)21(18)31-23(30-20)29-15-10-19(34)27-12-15/h3-5,11,13-15,22,35H,6-10,12H2,1-2H3,(H,27,34)(H,29,30,31)/t15-/m0/s1. The number of carbonyl (C=O) groups excluding carboxylic acids is 1. The van der Waals surface area contributed by atoms with E-state index in [1.165, 1.54) is 12.1 Å². The van der Waals surface area contributed by atoms with Gasteiger partial charge in [0.25, 0.3) is 0 Å². The Morgan fingerprint density at radius 1 is 1.25 bits per heavy atom. The summed E-state index contributed by atoms with van der Waals surface area (Å²) < 4.78 is 31.6. The number of nitrogens with zero attached hydrogens (tertiary/aromatic N) is 5. The van der Waals surface area contributed by atoms with Crippen molar-refractivity contribution in [1.29, 1.82) is 0 Å². The second-order valence-corrected chi connectivity index (χ2v) is 9.80. The van der Waals surface area contributed by atoms with Crippen molar-refractivity contribution in [2.45, 2.75) is 51.4 Å². The van der Waals surface area contributed by atoms with Gasteiger partial charge in [0.2, 0.25) is 11.9 Å². The molecule has 0 bridgehead atoms. The number of alkyl halides is 2. The van der Waals surface area contributed by atoms with Crippen molar-refractivity contribution in [2.24, 2.45) is 5.92 Å². The molecule has 2 saturated heterocycles. The van der Waals surface area contributed by atoms with E-state index in [1.54, 1.807) is 23.0 Å². The van der Waals surface area contributed by atoms with E-state index < -0.39 is 12.2 Å². The van der Waals surface area contributed by atoms with Crippen LogP contribution >= 0.6 is 0 Å². The summed E-state index contributed by atoms with van der Waals surface area (Å²) in [4.78, 5) is 23.3. The Hall–Kier alpha value is -3.54. The quantitative estimate of drug-likeness (QED) is 0.453. The molecule has 12 heteroatoms. The van der Waals surface area contributed by atoms with Gasteiger partial charge in [-0.15, -0.1) is 0 Å². The zero-order valence-corrected chi connectivity index (χ0v) is 20.1. The van der Waals surface area contributed by atoms with Crippen molar-refractivity contribution < 1.29 is 23.4 Å². The first-order valence-electron chi connectivity index (χ1n) is 12.0. The maximum Gasteiger partial charge on any atom is 0.387 e. The van der Waals surface area contributed by atoms with Gasteiger partial charge in [0.15, 0.2) is 5.65 Å². The van der Waals surface area contributed by atoms with Gasteiger partial charge in [-0.25, -0.2) is 4.68 Å². The van der Waals surface area contributed by atoms with Crippen LogP contribution in [0.15, 0.2) is 30.5 Å². The molecule has 2 aliphatic rings. The highest BCUT2D eigenvalue weighted by Gasteiger charge is 2.32. The summed E-state index contributed by atoms with van der Waals surface area (Å²) in [6.07, 6.45) is 3.59. The average molecular weight is 502 g/mol. The first kappa shape index (κ1) is 24.2. The molecule has 3 aromatic rings. The first-order valence-corrected chi connectivity index (χ1v) is 12.0. The number of rotatable bonds is 7. The number of fused-ring (bicyclic) bond motifs is 1. The lowest BCUT2D eigenvalue weighted by Gasteiger charge is -2.38. The van der Waals surface area contributed by atoms with Gasteiger partial charge in [0.1, 0.15) is 11.6 Å². The summed E-state index contributed by atoms with van der Waals surface area (Å²) in [6, 6.07) is 6.11. The molecule has 10 nitrogen and oxygen atoms in total. The molecular weight excluding hydrogens is 472 g/mol. The lowest BCUT2D eigenvalue weighted by Crippen LogP contribution is -2.42. The van der Waals surface area contributed by atoms with Crippen LogP contribution in [0.4, 0.5) is 20.5 Å². The molecule has 0 spiro atoms. The number of aromatic nitrogens is 4. The van der Waals surface area contributed by atoms with Crippen molar-refractivity contribution in [3.8, 4) is 11.4 Å². The van der Waals surface area contributed by atoms with Gasteiger partial charge in [-0.1, -0.05) is 6.07 Å². The van der Waals surface area contributed by atoms with Crippen LogP contribution in [0.3, 0.4) is 0 Å². The molecule has 2 aliphatic heterocycles. The monoisotopic (exact) mass is 501 g/mol. The SMILES string of the molecule is CC(C)(O)C1CCN(c2nc(N[C@@H]3CNC(=O)C3)nc3c2cnn3-c2cccc(OC(F)F)c2)CC1. The Morgan fingerprint density at radius 2 is 2.03 bits per heavy atom. The van der Waals surface area contributed by atoms with Crippen LogP contribution in [0.2, 0.25) is 0 Å². The summed E-state index contributed by atoms with van der Waals surface area (Å²) in [7, 11) is 0. The van der Waals surface area contributed by atoms with E-state index in [1.807, 2.05) is 13.8 Å². The number of hydrogen-bond acceptors (Lipinski definition) is 8. The van der Waals surface area contributed by atoms with Crippen molar-refractivity contribution in [1.82, 2.24) is 25.1 Å². The highest BCUT2D eigenvalue weighted by atomic mass is 19.3. The van der Waals surface area contributed by atoms with E-state index in [-0.39, 0.29) is 23.6 Å². The van der Waals surface area contributed by atoms with E-state index >= 15 is 0 Å². The third-order valence-corrected chi connectivity index (χ3v) is 6.80. The smallest absolute Gasteiger partial charge is 0.387 e. The second kappa shape index (κ2) is 9.49.